The molecule has 0 saturated heterocycles. The lowest BCUT2D eigenvalue weighted by Gasteiger charge is -2.21. The fourth-order valence-electron chi connectivity index (χ4n) is 3.22. The average Bonchev–Trinajstić information content (AvgIpc) is 3.09. The Balaban J connectivity index is 1.63. The van der Waals surface area contributed by atoms with E-state index in [0.29, 0.717) is 18.6 Å². The zero-order chi connectivity index (χ0) is 17.8. The van der Waals surface area contributed by atoms with Crippen LogP contribution in [0.5, 0.6) is 23.0 Å². The molecule has 0 unspecified atom stereocenters. The molecule has 3 rings (SSSR count). The summed E-state index contributed by atoms with van der Waals surface area (Å²) in [5, 5.41) is 0. The van der Waals surface area contributed by atoms with Gasteiger partial charge in [-0.15, -0.1) is 0 Å². The summed E-state index contributed by atoms with van der Waals surface area (Å²) < 4.78 is 21.6. The van der Waals surface area contributed by atoms with Gasteiger partial charge in [0.05, 0.1) is 14.2 Å². The van der Waals surface area contributed by atoms with E-state index in [-0.39, 0.29) is 0 Å². The zero-order valence-electron chi connectivity index (χ0n) is 15.4. The van der Waals surface area contributed by atoms with Gasteiger partial charge in [-0.05, 0) is 60.1 Å². The minimum atomic E-state index is 0.323. The maximum Gasteiger partial charge on any atom is 0.231 e. The Hall–Kier alpha value is -2.36. The van der Waals surface area contributed by atoms with Crippen molar-refractivity contribution in [1.82, 2.24) is 0 Å². The predicted octanol–water partition coefficient (Wildman–Crippen LogP) is 4.49. The van der Waals surface area contributed by atoms with Crippen molar-refractivity contribution in [1.29, 1.82) is 0 Å². The third-order valence-electron chi connectivity index (χ3n) is 4.97. The highest BCUT2D eigenvalue weighted by molar-refractivity contribution is 5.45. The van der Waals surface area contributed by atoms with Crippen molar-refractivity contribution in [2.45, 2.75) is 26.7 Å². The van der Waals surface area contributed by atoms with E-state index in [4.69, 9.17) is 18.9 Å². The van der Waals surface area contributed by atoms with E-state index in [9.17, 15) is 0 Å². The molecule has 1 aliphatic heterocycles. The second kappa shape index (κ2) is 7.68. The van der Waals surface area contributed by atoms with Gasteiger partial charge in [0, 0.05) is 0 Å². The Bertz CT molecular complexity index is 726. The summed E-state index contributed by atoms with van der Waals surface area (Å²) in [6.07, 6.45) is 2.02. The van der Waals surface area contributed by atoms with Crippen LogP contribution in [0.1, 0.15) is 25.0 Å². The van der Waals surface area contributed by atoms with Crippen molar-refractivity contribution in [3.8, 4) is 23.0 Å². The van der Waals surface area contributed by atoms with Crippen molar-refractivity contribution in [3.05, 3.63) is 47.5 Å². The lowest BCUT2D eigenvalue weighted by atomic mass is 9.85. The number of benzene rings is 2. The van der Waals surface area contributed by atoms with E-state index in [1.807, 2.05) is 12.1 Å². The molecule has 4 heteroatoms. The molecule has 1 heterocycles. The van der Waals surface area contributed by atoms with Crippen LogP contribution in [0, 0.1) is 11.8 Å². The van der Waals surface area contributed by atoms with Crippen molar-refractivity contribution in [3.63, 3.8) is 0 Å². The fourth-order valence-corrected chi connectivity index (χ4v) is 3.22. The molecule has 25 heavy (non-hydrogen) atoms. The molecular formula is C21H26O4. The summed E-state index contributed by atoms with van der Waals surface area (Å²) in [5.41, 5.74) is 2.55. The summed E-state index contributed by atoms with van der Waals surface area (Å²) in [7, 11) is 3.33. The molecule has 0 radical (unpaired) electrons. The van der Waals surface area contributed by atoms with Crippen molar-refractivity contribution in [2.75, 3.05) is 21.0 Å². The van der Waals surface area contributed by atoms with Crippen LogP contribution in [0.4, 0.5) is 0 Å². The van der Waals surface area contributed by atoms with Crippen molar-refractivity contribution < 1.29 is 18.9 Å². The molecule has 134 valence electrons. The van der Waals surface area contributed by atoms with Gasteiger partial charge in [0.2, 0.25) is 6.79 Å². The number of hydrogen-bond donors (Lipinski definition) is 0. The van der Waals surface area contributed by atoms with Gasteiger partial charge < -0.3 is 18.9 Å². The second-order valence-corrected chi connectivity index (χ2v) is 6.74. The van der Waals surface area contributed by atoms with E-state index in [1.54, 1.807) is 14.2 Å². The smallest absolute Gasteiger partial charge is 0.231 e. The third-order valence-corrected chi connectivity index (χ3v) is 4.97. The minimum Gasteiger partial charge on any atom is -0.493 e. The Kier molecular flexibility index (Phi) is 5.37. The van der Waals surface area contributed by atoms with E-state index in [0.717, 1.165) is 35.8 Å². The summed E-state index contributed by atoms with van der Waals surface area (Å²) in [4.78, 5) is 0. The van der Waals surface area contributed by atoms with Gasteiger partial charge in [-0.3, -0.25) is 0 Å². The third kappa shape index (κ3) is 4.01. The van der Waals surface area contributed by atoms with Gasteiger partial charge in [-0.1, -0.05) is 26.0 Å². The summed E-state index contributed by atoms with van der Waals surface area (Å²) in [6, 6.07) is 12.4. The molecule has 0 spiro atoms. The first-order chi connectivity index (χ1) is 12.1. The van der Waals surface area contributed by atoms with Gasteiger partial charge in [0.1, 0.15) is 0 Å². The number of hydrogen-bond acceptors (Lipinski definition) is 4. The molecule has 1 aliphatic rings. The maximum atomic E-state index is 5.48. The quantitative estimate of drug-likeness (QED) is 0.743. The Morgan fingerprint density at radius 3 is 2.08 bits per heavy atom. The lowest BCUT2D eigenvalue weighted by Crippen LogP contribution is -2.13. The molecule has 4 nitrogen and oxygen atoms in total. The van der Waals surface area contributed by atoms with Crippen LogP contribution in [0.2, 0.25) is 0 Å². The number of methoxy groups -OCH3 is 2. The molecule has 0 N–H and O–H groups in total. The molecule has 0 aromatic heterocycles. The highest BCUT2D eigenvalue weighted by atomic mass is 16.7. The van der Waals surface area contributed by atoms with Crippen LogP contribution < -0.4 is 18.9 Å². The van der Waals surface area contributed by atoms with Crippen LogP contribution in [0.25, 0.3) is 0 Å². The first kappa shape index (κ1) is 17.5. The minimum absolute atomic E-state index is 0.323. The molecule has 0 amide bonds. The summed E-state index contributed by atoms with van der Waals surface area (Å²) in [6.45, 7) is 4.93. The molecular weight excluding hydrogens is 316 g/mol. The Labute approximate surface area is 149 Å². The molecule has 2 atom stereocenters. The molecule has 0 bridgehead atoms. The van der Waals surface area contributed by atoms with E-state index >= 15 is 0 Å². The van der Waals surface area contributed by atoms with E-state index < -0.39 is 0 Å². The van der Waals surface area contributed by atoms with Crippen LogP contribution in [-0.4, -0.2) is 21.0 Å². The SMILES string of the molecule is COc1ccc(C[C@@H](C)[C@@H](C)Cc2ccc3c(c2)OCO3)cc1OC. The molecule has 2 aromatic carbocycles. The van der Waals surface area contributed by atoms with Gasteiger partial charge in [-0.2, -0.15) is 0 Å². The number of ether oxygens (including phenoxy) is 4. The first-order valence-corrected chi connectivity index (χ1v) is 8.70. The first-order valence-electron chi connectivity index (χ1n) is 8.70. The largest absolute Gasteiger partial charge is 0.493 e. The fraction of sp³-hybridized carbons (Fsp3) is 0.429. The topological polar surface area (TPSA) is 36.9 Å². The monoisotopic (exact) mass is 342 g/mol. The van der Waals surface area contributed by atoms with Gasteiger partial charge in [0.25, 0.3) is 0 Å². The summed E-state index contributed by atoms with van der Waals surface area (Å²) in [5.74, 6) is 4.35. The van der Waals surface area contributed by atoms with Gasteiger partial charge >= 0.3 is 0 Å². The lowest BCUT2D eigenvalue weighted by molar-refractivity contribution is 0.174. The zero-order valence-corrected chi connectivity index (χ0v) is 15.4. The van der Waals surface area contributed by atoms with Crippen LogP contribution in [0.15, 0.2) is 36.4 Å². The molecule has 0 saturated carbocycles. The highest BCUT2D eigenvalue weighted by Gasteiger charge is 2.18. The molecule has 2 aromatic rings. The Morgan fingerprint density at radius 2 is 1.40 bits per heavy atom. The van der Waals surface area contributed by atoms with Gasteiger partial charge in [0.15, 0.2) is 23.0 Å². The predicted molar refractivity (Wildman–Crippen MR) is 97.8 cm³/mol. The second-order valence-electron chi connectivity index (χ2n) is 6.74. The summed E-state index contributed by atoms with van der Waals surface area (Å²) >= 11 is 0. The van der Waals surface area contributed by atoms with Crippen molar-refractivity contribution >= 4 is 0 Å². The van der Waals surface area contributed by atoms with Crippen molar-refractivity contribution in [2.24, 2.45) is 11.8 Å². The molecule has 0 aliphatic carbocycles. The van der Waals surface area contributed by atoms with Crippen LogP contribution in [0.3, 0.4) is 0 Å². The number of fused-ring (bicyclic) bond motifs is 1. The van der Waals surface area contributed by atoms with E-state index in [1.165, 1.54) is 11.1 Å². The normalized spacial score (nSPS) is 14.9. The average molecular weight is 342 g/mol. The maximum absolute atomic E-state index is 5.48. The standard InChI is InChI=1S/C21H26O4/c1-14(9-16-5-7-18(22-3)20(11-16)23-4)15(2)10-17-6-8-19-21(12-17)25-13-24-19/h5-8,11-12,14-15H,9-10,13H2,1-4H3/t14-,15+/m1/s1. The van der Waals surface area contributed by atoms with Crippen LogP contribution >= 0.6 is 0 Å². The highest BCUT2D eigenvalue weighted by Crippen LogP contribution is 2.34. The van der Waals surface area contributed by atoms with E-state index in [2.05, 4.69) is 38.1 Å². The van der Waals surface area contributed by atoms with Crippen LogP contribution in [-0.2, 0) is 12.8 Å². The molecule has 0 fully saturated rings. The Morgan fingerprint density at radius 1 is 0.800 bits per heavy atom. The van der Waals surface area contributed by atoms with Gasteiger partial charge in [-0.25, -0.2) is 0 Å². The number of rotatable bonds is 7.